The van der Waals surface area contributed by atoms with Gasteiger partial charge in [0.25, 0.3) is 5.91 Å². The van der Waals surface area contributed by atoms with E-state index in [0.717, 1.165) is 44.1 Å². The standard InChI is InChI=1S/C18H23FN2O/c19-16-3-1-2-15(12-16)18(22)21-8-6-20(7-9-21)17-11-13-4-5-14(17)10-13/h1-3,12-14,17H,4-11H2/t13-,14-,17+/m1/s1. The van der Waals surface area contributed by atoms with E-state index in [2.05, 4.69) is 4.90 Å². The fourth-order valence-corrected chi connectivity index (χ4v) is 4.72. The molecule has 1 aromatic carbocycles. The Balaban J connectivity index is 1.36. The molecule has 0 N–H and O–H groups in total. The van der Waals surface area contributed by atoms with E-state index in [1.807, 2.05) is 4.90 Å². The highest BCUT2D eigenvalue weighted by Crippen LogP contribution is 2.46. The molecule has 2 saturated carbocycles. The maximum absolute atomic E-state index is 13.3. The summed E-state index contributed by atoms with van der Waals surface area (Å²) in [6.07, 6.45) is 5.62. The van der Waals surface area contributed by atoms with Crippen molar-refractivity contribution in [1.29, 1.82) is 0 Å². The second-order valence-corrected chi connectivity index (χ2v) is 7.08. The molecule has 3 atom stereocenters. The molecular formula is C18H23FN2O. The maximum Gasteiger partial charge on any atom is 0.254 e. The predicted octanol–water partition coefficient (Wildman–Crippen LogP) is 2.77. The van der Waals surface area contributed by atoms with Crippen molar-refractivity contribution in [3.8, 4) is 0 Å². The summed E-state index contributed by atoms with van der Waals surface area (Å²) in [5.74, 6) is 1.48. The van der Waals surface area contributed by atoms with Gasteiger partial charge in [-0.3, -0.25) is 9.69 Å². The normalized spacial score (nSPS) is 31.7. The molecule has 2 bridgehead atoms. The lowest BCUT2D eigenvalue weighted by Crippen LogP contribution is -2.53. The predicted molar refractivity (Wildman–Crippen MR) is 83.1 cm³/mol. The van der Waals surface area contributed by atoms with Crippen LogP contribution in [0.15, 0.2) is 24.3 Å². The van der Waals surface area contributed by atoms with E-state index >= 15 is 0 Å². The molecule has 3 nitrogen and oxygen atoms in total. The van der Waals surface area contributed by atoms with Crippen LogP contribution in [0.1, 0.15) is 36.0 Å². The second kappa shape index (κ2) is 5.65. The first-order valence-corrected chi connectivity index (χ1v) is 8.49. The quantitative estimate of drug-likeness (QED) is 0.839. The zero-order chi connectivity index (χ0) is 15.1. The number of halogens is 1. The molecule has 22 heavy (non-hydrogen) atoms. The molecule has 0 spiro atoms. The van der Waals surface area contributed by atoms with Crippen LogP contribution in [-0.4, -0.2) is 47.9 Å². The Labute approximate surface area is 131 Å². The molecule has 1 saturated heterocycles. The minimum Gasteiger partial charge on any atom is -0.336 e. The summed E-state index contributed by atoms with van der Waals surface area (Å²) in [7, 11) is 0. The Hall–Kier alpha value is -1.42. The van der Waals surface area contributed by atoms with Crippen molar-refractivity contribution >= 4 is 5.91 Å². The van der Waals surface area contributed by atoms with E-state index in [-0.39, 0.29) is 11.7 Å². The lowest BCUT2D eigenvalue weighted by Gasteiger charge is -2.41. The van der Waals surface area contributed by atoms with Crippen molar-refractivity contribution in [1.82, 2.24) is 9.80 Å². The number of rotatable bonds is 2. The Morgan fingerprint density at radius 3 is 2.55 bits per heavy atom. The van der Waals surface area contributed by atoms with Gasteiger partial charge in [0, 0.05) is 37.8 Å². The van der Waals surface area contributed by atoms with Gasteiger partial charge in [0.15, 0.2) is 0 Å². The van der Waals surface area contributed by atoms with Crippen molar-refractivity contribution in [3.63, 3.8) is 0 Å². The lowest BCUT2D eigenvalue weighted by atomic mass is 9.93. The summed E-state index contributed by atoms with van der Waals surface area (Å²) < 4.78 is 13.3. The van der Waals surface area contributed by atoms with Crippen LogP contribution in [0.5, 0.6) is 0 Å². The summed E-state index contributed by atoms with van der Waals surface area (Å²) in [6, 6.07) is 6.78. The fourth-order valence-electron chi connectivity index (χ4n) is 4.72. The fraction of sp³-hybridized carbons (Fsp3) is 0.611. The van der Waals surface area contributed by atoms with Gasteiger partial charge in [-0.15, -0.1) is 0 Å². The van der Waals surface area contributed by atoms with Crippen LogP contribution >= 0.6 is 0 Å². The Morgan fingerprint density at radius 1 is 1.09 bits per heavy atom. The minimum absolute atomic E-state index is 0.0351. The van der Waals surface area contributed by atoms with E-state index in [0.29, 0.717) is 5.56 Å². The summed E-state index contributed by atoms with van der Waals surface area (Å²) >= 11 is 0. The molecule has 0 aromatic heterocycles. The smallest absolute Gasteiger partial charge is 0.254 e. The Kier molecular flexibility index (Phi) is 3.65. The van der Waals surface area contributed by atoms with E-state index in [4.69, 9.17) is 0 Å². The molecule has 1 amide bonds. The minimum atomic E-state index is -0.341. The summed E-state index contributed by atoms with van der Waals surface area (Å²) in [5, 5.41) is 0. The number of benzene rings is 1. The van der Waals surface area contributed by atoms with Gasteiger partial charge >= 0.3 is 0 Å². The maximum atomic E-state index is 13.3. The second-order valence-electron chi connectivity index (χ2n) is 7.08. The van der Waals surface area contributed by atoms with Gasteiger partial charge in [0.05, 0.1) is 0 Å². The zero-order valence-electron chi connectivity index (χ0n) is 12.9. The summed E-state index contributed by atoms with van der Waals surface area (Å²) in [5.41, 5.74) is 0.466. The van der Waals surface area contributed by atoms with Crippen LogP contribution in [0.2, 0.25) is 0 Å². The Bertz CT molecular complexity index is 568. The van der Waals surface area contributed by atoms with E-state index < -0.39 is 0 Å². The highest BCUT2D eigenvalue weighted by Gasteiger charge is 2.42. The SMILES string of the molecule is O=C(c1cccc(F)c1)N1CCN([C@H]2C[C@@H]3CC[C@@H]2C3)CC1. The molecule has 3 fully saturated rings. The van der Waals surface area contributed by atoms with Gasteiger partial charge in [-0.25, -0.2) is 4.39 Å². The Morgan fingerprint density at radius 2 is 1.91 bits per heavy atom. The van der Waals surface area contributed by atoms with Gasteiger partial charge < -0.3 is 4.90 Å². The van der Waals surface area contributed by atoms with Gasteiger partial charge in [0.1, 0.15) is 5.82 Å². The van der Waals surface area contributed by atoms with Gasteiger partial charge in [-0.1, -0.05) is 12.5 Å². The number of hydrogen-bond donors (Lipinski definition) is 0. The topological polar surface area (TPSA) is 23.6 Å². The third-order valence-electron chi connectivity index (χ3n) is 5.84. The molecule has 2 aliphatic carbocycles. The van der Waals surface area contributed by atoms with E-state index in [9.17, 15) is 9.18 Å². The van der Waals surface area contributed by atoms with Crippen molar-refractivity contribution in [3.05, 3.63) is 35.6 Å². The molecule has 1 aliphatic heterocycles. The van der Waals surface area contributed by atoms with Gasteiger partial charge in [-0.05, 0) is 49.3 Å². The number of hydrogen-bond acceptors (Lipinski definition) is 2. The molecule has 0 unspecified atom stereocenters. The van der Waals surface area contributed by atoms with Crippen molar-refractivity contribution < 1.29 is 9.18 Å². The van der Waals surface area contributed by atoms with Gasteiger partial charge in [0.2, 0.25) is 0 Å². The highest BCUT2D eigenvalue weighted by molar-refractivity contribution is 5.94. The lowest BCUT2D eigenvalue weighted by molar-refractivity contribution is 0.0495. The van der Waals surface area contributed by atoms with Crippen LogP contribution in [0.25, 0.3) is 0 Å². The molecule has 0 radical (unpaired) electrons. The third-order valence-corrected chi connectivity index (χ3v) is 5.84. The van der Waals surface area contributed by atoms with E-state index in [1.54, 1.807) is 12.1 Å². The average Bonchev–Trinajstić information content (AvgIpc) is 3.17. The first-order valence-electron chi connectivity index (χ1n) is 8.49. The number of amides is 1. The van der Waals surface area contributed by atoms with E-state index in [1.165, 1.54) is 37.8 Å². The molecule has 1 aromatic rings. The number of nitrogens with zero attached hydrogens (tertiary/aromatic N) is 2. The average molecular weight is 302 g/mol. The zero-order valence-corrected chi connectivity index (χ0v) is 12.9. The number of carbonyl (C=O) groups is 1. The first-order chi connectivity index (χ1) is 10.7. The van der Waals surface area contributed by atoms with Crippen molar-refractivity contribution in [2.75, 3.05) is 26.2 Å². The molecule has 3 aliphatic rings. The number of piperazine rings is 1. The molecule has 4 heteroatoms. The van der Waals surface area contributed by atoms with Gasteiger partial charge in [-0.2, -0.15) is 0 Å². The van der Waals surface area contributed by atoms with Crippen molar-refractivity contribution in [2.45, 2.75) is 31.7 Å². The molecule has 118 valence electrons. The largest absolute Gasteiger partial charge is 0.336 e. The van der Waals surface area contributed by atoms with Crippen LogP contribution in [0, 0.1) is 17.7 Å². The molecular weight excluding hydrogens is 279 g/mol. The summed E-state index contributed by atoms with van der Waals surface area (Å²) in [4.78, 5) is 16.9. The van der Waals surface area contributed by atoms with Crippen LogP contribution in [-0.2, 0) is 0 Å². The highest BCUT2D eigenvalue weighted by atomic mass is 19.1. The van der Waals surface area contributed by atoms with Crippen LogP contribution in [0.4, 0.5) is 4.39 Å². The van der Waals surface area contributed by atoms with Crippen LogP contribution in [0.3, 0.4) is 0 Å². The monoisotopic (exact) mass is 302 g/mol. The summed E-state index contributed by atoms with van der Waals surface area (Å²) in [6.45, 7) is 3.47. The number of carbonyl (C=O) groups excluding carboxylic acids is 1. The van der Waals surface area contributed by atoms with Crippen molar-refractivity contribution in [2.24, 2.45) is 11.8 Å². The number of fused-ring (bicyclic) bond motifs is 2. The first kappa shape index (κ1) is 14.2. The third kappa shape index (κ3) is 2.54. The molecule has 1 heterocycles. The molecule has 4 rings (SSSR count). The van der Waals surface area contributed by atoms with Crippen LogP contribution < -0.4 is 0 Å².